The number of hydrogen-bond acceptors (Lipinski definition) is 2. The Hall–Kier alpha value is -1.54. The minimum Gasteiger partial charge on any atom is -0.490 e. The van der Waals surface area contributed by atoms with Crippen molar-refractivity contribution in [1.29, 1.82) is 0 Å². The third-order valence-electron chi connectivity index (χ3n) is 5.19. The van der Waals surface area contributed by atoms with Gasteiger partial charge in [0.2, 0.25) is 0 Å². The van der Waals surface area contributed by atoms with Gasteiger partial charge in [-0.3, -0.25) is 0 Å². The Labute approximate surface area is 127 Å². The molecule has 3 atom stereocenters. The first kappa shape index (κ1) is 14.4. The summed E-state index contributed by atoms with van der Waals surface area (Å²) < 4.78 is 6.30. The lowest BCUT2D eigenvalue weighted by Crippen LogP contribution is -2.63. The molecule has 1 N–H and O–H groups in total. The van der Waals surface area contributed by atoms with Crippen molar-refractivity contribution in [3.63, 3.8) is 0 Å². The van der Waals surface area contributed by atoms with Gasteiger partial charge in [0.05, 0.1) is 0 Å². The van der Waals surface area contributed by atoms with Gasteiger partial charge in [0.1, 0.15) is 11.9 Å². The molecule has 3 unspecified atom stereocenters. The van der Waals surface area contributed by atoms with Crippen LogP contribution in [0, 0.1) is 5.41 Å². The van der Waals surface area contributed by atoms with E-state index in [1.54, 1.807) is 0 Å². The molecular formula is C19H25NO. The van der Waals surface area contributed by atoms with E-state index < -0.39 is 0 Å². The third kappa shape index (κ3) is 2.53. The zero-order valence-corrected chi connectivity index (χ0v) is 13.2. The van der Waals surface area contributed by atoms with Crippen LogP contribution in [0.15, 0.2) is 42.5 Å². The standard InChI is InChI=1S/C19H25NO/c1-4-19(3)17(20-5-2)13-18(19)21-16-11-10-14-8-6-7-9-15(14)12-16/h6-12,17-18,20H,4-5,13H2,1-3H3. The highest BCUT2D eigenvalue weighted by atomic mass is 16.5. The number of benzene rings is 2. The fourth-order valence-corrected chi connectivity index (χ4v) is 3.44. The normalized spacial score (nSPS) is 28.3. The van der Waals surface area contributed by atoms with Crippen LogP contribution in [-0.4, -0.2) is 18.7 Å². The Morgan fingerprint density at radius 2 is 1.90 bits per heavy atom. The second-order valence-electron chi connectivity index (χ2n) is 6.32. The summed E-state index contributed by atoms with van der Waals surface area (Å²) >= 11 is 0. The predicted molar refractivity (Wildman–Crippen MR) is 88.8 cm³/mol. The summed E-state index contributed by atoms with van der Waals surface area (Å²) in [6, 6.07) is 15.4. The van der Waals surface area contributed by atoms with Crippen molar-refractivity contribution < 1.29 is 4.74 Å². The smallest absolute Gasteiger partial charge is 0.120 e. The quantitative estimate of drug-likeness (QED) is 0.879. The maximum Gasteiger partial charge on any atom is 0.120 e. The van der Waals surface area contributed by atoms with E-state index in [9.17, 15) is 0 Å². The van der Waals surface area contributed by atoms with Gasteiger partial charge in [0.25, 0.3) is 0 Å². The lowest BCUT2D eigenvalue weighted by Gasteiger charge is -2.53. The average molecular weight is 283 g/mol. The number of ether oxygens (including phenoxy) is 1. The second kappa shape index (κ2) is 5.69. The number of nitrogens with one attached hydrogen (secondary N) is 1. The van der Waals surface area contributed by atoms with Gasteiger partial charge in [-0.25, -0.2) is 0 Å². The highest BCUT2D eigenvalue weighted by molar-refractivity contribution is 5.83. The Bertz CT molecular complexity index is 624. The number of hydrogen-bond donors (Lipinski definition) is 1. The van der Waals surface area contributed by atoms with Crippen LogP contribution >= 0.6 is 0 Å². The summed E-state index contributed by atoms with van der Waals surface area (Å²) in [5.74, 6) is 0.994. The lowest BCUT2D eigenvalue weighted by atomic mass is 9.61. The fourth-order valence-electron chi connectivity index (χ4n) is 3.44. The summed E-state index contributed by atoms with van der Waals surface area (Å²) in [4.78, 5) is 0. The molecule has 0 spiro atoms. The highest BCUT2D eigenvalue weighted by Gasteiger charge is 2.51. The maximum absolute atomic E-state index is 6.30. The monoisotopic (exact) mass is 283 g/mol. The van der Waals surface area contributed by atoms with E-state index in [1.165, 1.54) is 10.8 Å². The van der Waals surface area contributed by atoms with Gasteiger partial charge in [0.15, 0.2) is 0 Å². The SMILES string of the molecule is CCNC1CC(Oc2ccc3ccccc3c2)C1(C)CC. The zero-order chi connectivity index (χ0) is 14.9. The summed E-state index contributed by atoms with van der Waals surface area (Å²) in [7, 11) is 0. The number of fused-ring (bicyclic) bond motifs is 1. The molecule has 0 aromatic heterocycles. The van der Waals surface area contributed by atoms with Gasteiger partial charge < -0.3 is 10.1 Å². The second-order valence-corrected chi connectivity index (χ2v) is 6.32. The molecule has 2 aromatic rings. The Balaban J connectivity index is 1.76. The molecule has 112 valence electrons. The topological polar surface area (TPSA) is 21.3 Å². The summed E-state index contributed by atoms with van der Waals surface area (Å²) in [5.41, 5.74) is 0.238. The van der Waals surface area contributed by atoms with Gasteiger partial charge in [-0.05, 0) is 35.9 Å². The third-order valence-corrected chi connectivity index (χ3v) is 5.19. The molecule has 0 radical (unpaired) electrons. The van der Waals surface area contributed by atoms with E-state index in [1.807, 2.05) is 0 Å². The first-order valence-corrected chi connectivity index (χ1v) is 8.06. The van der Waals surface area contributed by atoms with Gasteiger partial charge in [-0.1, -0.05) is 51.1 Å². The Kier molecular flexibility index (Phi) is 3.90. The summed E-state index contributed by atoms with van der Waals surface area (Å²) in [5, 5.41) is 6.10. The minimum atomic E-state index is 0.238. The Morgan fingerprint density at radius 3 is 2.62 bits per heavy atom. The summed E-state index contributed by atoms with van der Waals surface area (Å²) in [6.45, 7) is 7.81. The molecule has 1 fully saturated rings. The van der Waals surface area contributed by atoms with E-state index in [4.69, 9.17) is 4.74 Å². The van der Waals surface area contributed by atoms with Crippen LogP contribution in [0.5, 0.6) is 5.75 Å². The molecule has 2 aromatic carbocycles. The molecular weight excluding hydrogens is 258 g/mol. The molecule has 1 aliphatic rings. The van der Waals surface area contributed by atoms with E-state index >= 15 is 0 Å². The van der Waals surface area contributed by atoms with E-state index in [2.05, 4.69) is 68.6 Å². The fraction of sp³-hybridized carbons (Fsp3) is 0.474. The summed E-state index contributed by atoms with van der Waals surface area (Å²) in [6.07, 6.45) is 2.56. The van der Waals surface area contributed by atoms with Crippen molar-refractivity contribution in [2.45, 2.75) is 45.8 Å². The van der Waals surface area contributed by atoms with Crippen LogP contribution < -0.4 is 10.1 Å². The van der Waals surface area contributed by atoms with Gasteiger partial charge >= 0.3 is 0 Å². The van der Waals surface area contributed by atoms with E-state index in [0.717, 1.165) is 25.1 Å². The van der Waals surface area contributed by atoms with Crippen LogP contribution in [0.2, 0.25) is 0 Å². The van der Waals surface area contributed by atoms with Crippen molar-refractivity contribution in [2.24, 2.45) is 5.41 Å². The molecule has 0 bridgehead atoms. The van der Waals surface area contributed by atoms with Crippen molar-refractivity contribution in [1.82, 2.24) is 5.32 Å². The highest BCUT2D eigenvalue weighted by Crippen LogP contribution is 2.46. The van der Waals surface area contributed by atoms with Crippen molar-refractivity contribution in [2.75, 3.05) is 6.54 Å². The molecule has 1 saturated carbocycles. The van der Waals surface area contributed by atoms with Crippen molar-refractivity contribution >= 4 is 10.8 Å². The zero-order valence-electron chi connectivity index (χ0n) is 13.2. The molecule has 3 rings (SSSR count). The largest absolute Gasteiger partial charge is 0.490 e. The van der Waals surface area contributed by atoms with Crippen molar-refractivity contribution in [3.8, 4) is 5.75 Å². The van der Waals surface area contributed by atoms with E-state index in [0.29, 0.717) is 12.1 Å². The molecule has 0 amide bonds. The van der Waals surface area contributed by atoms with Crippen LogP contribution in [0.3, 0.4) is 0 Å². The average Bonchev–Trinajstić information content (AvgIpc) is 2.53. The first-order valence-electron chi connectivity index (χ1n) is 8.06. The molecule has 21 heavy (non-hydrogen) atoms. The maximum atomic E-state index is 6.30. The molecule has 0 heterocycles. The van der Waals surface area contributed by atoms with Crippen LogP contribution in [0.4, 0.5) is 0 Å². The molecule has 1 aliphatic carbocycles. The molecule has 0 saturated heterocycles. The predicted octanol–water partition coefficient (Wildman–Crippen LogP) is 4.39. The van der Waals surface area contributed by atoms with E-state index in [-0.39, 0.29) is 5.41 Å². The minimum absolute atomic E-state index is 0.238. The first-order chi connectivity index (χ1) is 10.2. The molecule has 2 nitrogen and oxygen atoms in total. The lowest BCUT2D eigenvalue weighted by molar-refractivity contribution is -0.0696. The van der Waals surface area contributed by atoms with Crippen molar-refractivity contribution in [3.05, 3.63) is 42.5 Å². The van der Waals surface area contributed by atoms with Gasteiger partial charge in [-0.15, -0.1) is 0 Å². The van der Waals surface area contributed by atoms with Crippen LogP contribution in [0.1, 0.15) is 33.6 Å². The van der Waals surface area contributed by atoms with Gasteiger partial charge in [-0.2, -0.15) is 0 Å². The van der Waals surface area contributed by atoms with Gasteiger partial charge in [0, 0.05) is 17.9 Å². The molecule has 0 aliphatic heterocycles. The number of rotatable bonds is 5. The van der Waals surface area contributed by atoms with Crippen LogP contribution in [-0.2, 0) is 0 Å². The Morgan fingerprint density at radius 1 is 1.14 bits per heavy atom. The van der Waals surface area contributed by atoms with Crippen LogP contribution in [0.25, 0.3) is 10.8 Å². The molecule has 2 heteroatoms.